The average molecular weight is 264 g/mol. The van der Waals surface area contributed by atoms with Gasteiger partial charge >= 0.3 is 0 Å². The Kier molecular flexibility index (Phi) is 5.83. The number of rotatable bonds is 6. The van der Waals surface area contributed by atoms with E-state index in [1.165, 1.54) is 16.7 Å². The zero-order valence-corrected chi connectivity index (χ0v) is 12.2. The van der Waals surface area contributed by atoms with Gasteiger partial charge in [0.1, 0.15) is 5.75 Å². The van der Waals surface area contributed by atoms with Crippen molar-refractivity contribution in [2.24, 2.45) is 5.84 Å². The summed E-state index contributed by atoms with van der Waals surface area (Å²) < 4.78 is 5.42. The Hall–Kier alpha value is -1.55. The molecular formula is C15H24N2O2. The minimum atomic E-state index is -0.116. The van der Waals surface area contributed by atoms with Gasteiger partial charge in [0.25, 0.3) is 0 Å². The predicted molar refractivity (Wildman–Crippen MR) is 77.1 cm³/mol. The molecule has 0 saturated heterocycles. The second-order valence-electron chi connectivity index (χ2n) is 5.10. The van der Waals surface area contributed by atoms with Gasteiger partial charge in [0.15, 0.2) is 0 Å². The Morgan fingerprint density at radius 3 is 2.63 bits per heavy atom. The second kappa shape index (κ2) is 7.14. The third-order valence-electron chi connectivity index (χ3n) is 3.32. The highest BCUT2D eigenvalue weighted by molar-refractivity contribution is 5.75. The van der Waals surface area contributed by atoms with Gasteiger partial charge in [-0.25, -0.2) is 5.84 Å². The number of nitrogens with one attached hydrogen (secondary N) is 1. The van der Waals surface area contributed by atoms with Crippen LogP contribution in [0.1, 0.15) is 49.3 Å². The van der Waals surface area contributed by atoms with E-state index in [2.05, 4.69) is 38.3 Å². The molecule has 0 bridgehead atoms. The molecule has 0 fully saturated rings. The van der Waals surface area contributed by atoms with Gasteiger partial charge in [0.2, 0.25) is 5.91 Å². The Balaban J connectivity index is 2.83. The number of amides is 1. The van der Waals surface area contributed by atoms with Crippen LogP contribution in [0.2, 0.25) is 0 Å². The number of carbonyl (C=O) groups excluding carboxylic acids is 1. The monoisotopic (exact) mass is 264 g/mol. The maximum Gasteiger partial charge on any atom is 0.233 e. The third kappa shape index (κ3) is 4.24. The summed E-state index contributed by atoms with van der Waals surface area (Å²) in [5.74, 6) is 6.31. The maximum atomic E-state index is 11.1. The highest BCUT2D eigenvalue weighted by Crippen LogP contribution is 2.30. The molecule has 0 radical (unpaired) electrons. The molecule has 0 aromatic heterocycles. The van der Waals surface area contributed by atoms with Crippen molar-refractivity contribution < 1.29 is 9.53 Å². The molecule has 0 spiro atoms. The third-order valence-corrected chi connectivity index (χ3v) is 3.32. The number of methoxy groups -OCH3 is 1. The van der Waals surface area contributed by atoms with Crippen LogP contribution in [0.3, 0.4) is 0 Å². The molecule has 0 saturated carbocycles. The fourth-order valence-corrected chi connectivity index (χ4v) is 2.15. The number of hydrogen-bond donors (Lipinski definition) is 2. The summed E-state index contributed by atoms with van der Waals surface area (Å²) in [6.07, 6.45) is 2.13. The van der Waals surface area contributed by atoms with Crippen LogP contribution in [-0.4, -0.2) is 13.0 Å². The number of carbonyl (C=O) groups is 1. The smallest absolute Gasteiger partial charge is 0.233 e. The molecule has 0 unspecified atom stereocenters. The molecule has 3 N–H and O–H groups in total. The van der Waals surface area contributed by atoms with Gasteiger partial charge in [-0.05, 0) is 48.4 Å². The van der Waals surface area contributed by atoms with Gasteiger partial charge in [-0.1, -0.05) is 19.9 Å². The number of hydrogen-bond acceptors (Lipinski definition) is 3. The Morgan fingerprint density at radius 1 is 1.42 bits per heavy atom. The highest BCUT2D eigenvalue weighted by atomic mass is 16.5. The number of aryl methyl sites for hydroxylation is 2. The first-order valence-electron chi connectivity index (χ1n) is 6.66. The molecule has 1 rings (SSSR count). The molecule has 1 aromatic carbocycles. The Labute approximate surface area is 115 Å². The first-order chi connectivity index (χ1) is 8.99. The zero-order valence-electron chi connectivity index (χ0n) is 12.2. The van der Waals surface area contributed by atoms with Gasteiger partial charge in [0.05, 0.1) is 7.11 Å². The minimum absolute atomic E-state index is 0.116. The van der Waals surface area contributed by atoms with Crippen molar-refractivity contribution in [1.29, 1.82) is 0 Å². The van der Waals surface area contributed by atoms with Crippen LogP contribution >= 0.6 is 0 Å². The lowest BCUT2D eigenvalue weighted by Crippen LogP contribution is -2.29. The lowest BCUT2D eigenvalue weighted by molar-refractivity contribution is -0.121. The van der Waals surface area contributed by atoms with E-state index in [-0.39, 0.29) is 5.91 Å². The second-order valence-corrected chi connectivity index (χ2v) is 5.10. The van der Waals surface area contributed by atoms with Crippen molar-refractivity contribution >= 4 is 5.91 Å². The number of hydrazine groups is 1. The van der Waals surface area contributed by atoms with Crippen LogP contribution < -0.4 is 16.0 Å². The predicted octanol–water partition coefficient (Wildman–Crippen LogP) is 2.44. The topological polar surface area (TPSA) is 64.3 Å². The van der Waals surface area contributed by atoms with Gasteiger partial charge in [-0.15, -0.1) is 0 Å². The van der Waals surface area contributed by atoms with E-state index in [9.17, 15) is 4.79 Å². The van der Waals surface area contributed by atoms with Crippen molar-refractivity contribution in [3.8, 4) is 5.75 Å². The van der Waals surface area contributed by atoms with E-state index in [4.69, 9.17) is 10.6 Å². The van der Waals surface area contributed by atoms with E-state index in [0.717, 1.165) is 18.6 Å². The summed E-state index contributed by atoms with van der Waals surface area (Å²) in [5, 5.41) is 0. The molecule has 1 aromatic rings. The van der Waals surface area contributed by atoms with Gasteiger partial charge in [0, 0.05) is 6.42 Å². The molecule has 4 nitrogen and oxygen atoms in total. The van der Waals surface area contributed by atoms with Crippen LogP contribution in [0.25, 0.3) is 0 Å². The number of ether oxygens (including phenoxy) is 1. The zero-order chi connectivity index (χ0) is 14.4. The summed E-state index contributed by atoms with van der Waals surface area (Å²) in [7, 11) is 1.70. The fraction of sp³-hybridized carbons (Fsp3) is 0.533. The van der Waals surface area contributed by atoms with E-state index < -0.39 is 0 Å². The first-order valence-corrected chi connectivity index (χ1v) is 6.66. The minimum Gasteiger partial charge on any atom is -0.496 e. The quantitative estimate of drug-likeness (QED) is 0.471. The molecular weight excluding hydrogens is 240 g/mol. The number of benzene rings is 1. The normalized spacial score (nSPS) is 10.6. The number of nitrogens with two attached hydrogens (primary N) is 1. The van der Waals surface area contributed by atoms with E-state index in [1.807, 2.05) is 0 Å². The molecule has 4 heteroatoms. The molecule has 0 aliphatic rings. The molecule has 0 aliphatic heterocycles. The molecule has 19 heavy (non-hydrogen) atoms. The lowest BCUT2D eigenvalue weighted by atomic mass is 9.94. The Bertz CT molecular complexity index is 442. The molecule has 0 heterocycles. The lowest BCUT2D eigenvalue weighted by Gasteiger charge is -2.16. The van der Waals surface area contributed by atoms with Crippen LogP contribution in [-0.2, 0) is 11.2 Å². The van der Waals surface area contributed by atoms with Crippen LogP contribution in [0.5, 0.6) is 5.75 Å². The summed E-state index contributed by atoms with van der Waals surface area (Å²) in [6.45, 7) is 6.38. The summed E-state index contributed by atoms with van der Waals surface area (Å²) in [6, 6.07) is 4.27. The van der Waals surface area contributed by atoms with E-state index >= 15 is 0 Å². The van der Waals surface area contributed by atoms with Crippen molar-refractivity contribution in [2.45, 2.75) is 46.0 Å². The summed E-state index contributed by atoms with van der Waals surface area (Å²) in [4.78, 5) is 11.1. The fourth-order valence-electron chi connectivity index (χ4n) is 2.15. The maximum absolute atomic E-state index is 11.1. The Morgan fingerprint density at radius 2 is 2.11 bits per heavy atom. The molecule has 0 atom stereocenters. The van der Waals surface area contributed by atoms with Crippen molar-refractivity contribution in [2.75, 3.05) is 7.11 Å². The standard InChI is InChI=1S/C15H24N2O2/c1-10(2)13-9-12(6-5-7-15(18)17-16)11(3)8-14(13)19-4/h8-10H,5-7,16H2,1-4H3,(H,17,18). The van der Waals surface area contributed by atoms with Gasteiger partial charge in [-0.2, -0.15) is 0 Å². The van der Waals surface area contributed by atoms with Gasteiger partial charge in [-0.3, -0.25) is 10.2 Å². The molecule has 106 valence electrons. The van der Waals surface area contributed by atoms with Crippen molar-refractivity contribution in [3.05, 3.63) is 28.8 Å². The first kappa shape index (κ1) is 15.5. The van der Waals surface area contributed by atoms with E-state index in [0.29, 0.717) is 12.3 Å². The van der Waals surface area contributed by atoms with Gasteiger partial charge < -0.3 is 4.74 Å². The van der Waals surface area contributed by atoms with Crippen LogP contribution in [0.4, 0.5) is 0 Å². The summed E-state index contributed by atoms with van der Waals surface area (Å²) in [5.41, 5.74) is 5.84. The van der Waals surface area contributed by atoms with E-state index in [1.54, 1.807) is 7.11 Å². The highest BCUT2D eigenvalue weighted by Gasteiger charge is 2.11. The van der Waals surface area contributed by atoms with Crippen molar-refractivity contribution in [1.82, 2.24) is 5.43 Å². The van der Waals surface area contributed by atoms with Crippen molar-refractivity contribution in [3.63, 3.8) is 0 Å². The average Bonchev–Trinajstić information content (AvgIpc) is 2.39. The summed E-state index contributed by atoms with van der Waals surface area (Å²) >= 11 is 0. The SMILES string of the molecule is COc1cc(C)c(CCCC(=O)NN)cc1C(C)C. The largest absolute Gasteiger partial charge is 0.496 e. The van der Waals surface area contributed by atoms with Crippen LogP contribution in [0.15, 0.2) is 12.1 Å². The molecule has 1 amide bonds. The van der Waals surface area contributed by atoms with Crippen LogP contribution in [0, 0.1) is 6.92 Å². The molecule has 0 aliphatic carbocycles.